The van der Waals surface area contributed by atoms with Crippen LogP contribution in [0.25, 0.3) is 11.4 Å². The van der Waals surface area contributed by atoms with Crippen molar-refractivity contribution in [3.8, 4) is 22.9 Å². The highest BCUT2D eigenvalue weighted by Crippen LogP contribution is 2.40. The molecule has 0 fully saturated rings. The monoisotopic (exact) mass is 549 g/mol. The van der Waals surface area contributed by atoms with Gasteiger partial charge in [0.1, 0.15) is 6.04 Å². The SMILES string of the molecule is CCOc1ccc(C2C(C(=O)Nc3ccccc3)=C(C)Nc3nc(-c4ccc(Cl)c(Cl)c4)nn32)cc1OC. The molecular formula is C28H25Cl2N5O3. The van der Waals surface area contributed by atoms with Crippen LogP contribution in [0.15, 0.2) is 78.0 Å². The largest absolute Gasteiger partial charge is 0.493 e. The molecule has 1 aliphatic heterocycles. The van der Waals surface area contributed by atoms with Gasteiger partial charge in [-0.05, 0) is 61.9 Å². The molecule has 1 unspecified atom stereocenters. The number of aromatic nitrogens is 3. The van der Waals surface area contributed by atoms with E-state index in [1.807, 2.05) is 62.4 Å². The lowest BCUT2D eigenvalue weighted by molar-refractivity contribution is -0.113. The maximum absolute atomic E-state index is 13.7. The van der Waals surface area contributed by atoms with Crippen LogP contribution in [0.2, 0.25) is 10.0 Å². The third-order valence-electron chi connectivity index (χ3n) is 6.11. The number of hydrogen-bond acceptors (Lipinski definition) is 6. The van der Waals surface area contributed by atoms with Crippen LogP contribution in [0.5, 0.6) is 11.5 Å². The minimum Gasteiger partial charge on any atom is -0.493 e. The molecule has 0 aliphatic carbocycles. The van der Waals surface area contributed by atoms with Gasteiger partial charge >= 0.3 is 0 Å². The van der Waals surface area contributed by atoms with E-state index in [4.69, 9.17) is 42.8 Å². The molecule has 1 aromatic heterocycles. The number of amides is 1. The molecule has 0 bridgehead atoms. The van der Waals surface area contributed by atoms with Crippen LogP contribution in [0, 0.1) is 0 Å². The Morgan fingerprint density at radius 3 is 2.55 bits per heavy atom. The molecule has 194 valence electrons. The van der Waals surface area contributed by atoms with Crippen molar-refractivity contribution in [1.82, 2.24) is 14.8 Å². The van der Waals surface area contributed by atoms with Gasteiger partial charge in [0.15, 0.2) is 17.3 Å². The van der Waals surface area contributed by atoms with E-state index >= 15 is 0 Å². The zero-order valence-corrected chi connectivity index (χ0v) is 22.5. The number of ether oxygens (including phenoxy) is 2. The van der Waals surface area contributed by atoms with Gasteiger partial charge in [0.05, 0.1) is 29.3 Å². The molecular weight excluding hydrogens is 525 g/mol. The lowest BCUT2D eigenvalue weighted by atomic mass is 9.94. The molecule has 0 radical (unpaired) electrons. The second kappa shape index (κ2) is 10.8. The number of fused-ring (bicyclic) bond motifs is 1. The van der Waals surface area contributed by atoms with Crippen molar-refractivity contribution < 1.29 is 14.3 Å². The molecule has 5 rings (SSSR count). The minimum atomic E-state index is -0.608. The molecule has 38 heavy (non-hydrogen) atoms. The van der Waals surface area contributed by atoms with Gasteiger partial charge in [-0.1, -0.05) is 47.5 Å². The number of nitrogens with one attached hydrogen (secondary N) is 2. The predicted octanol–water partition coefficient (Wildman–Crippen LogP) is 6.59. The van der Waals surface area contributed by atoms with Crippen molar-refractivity contribution in [3.05, 3.63) is 93.6 Å². The van der Waals surface area contributed by atoms with E-state index in [1.54, 1.807) is 30.0 Å². The summed E-state index contributed by atoms with van der Waals surface area (Å²) in [6.45, 7) is 4.24. The Bertz CT molecular complexity index is 1530. The zero-order chi connectivity index (χ0) is 26.8. The summed E-state index contributed by atoms with van der Waals surface area (Å²) in [4.78, 5) is 18.4. The lowest BCUT2D eigenvalue weighted by Crippen LogP contribution is -2.31. The Labute approximate surface area is 230 Å². The number of carbonyl (C=O) groups excluding carboxylic acids is 1. The van der Waals surface area contributed by atoms with Gasteiger partial charge in [0.25, 0.3) is 5.91 Å². The van der Waals surface area contributed by atoms with Gasteiger partial charge in [0.2, 0.25) is 5.95 Å². The third kappa shape index (κ3) is 4.92. The smallest absolute Gasteiger partial charge is 0.255 e. The summed E-state index contributed by atoms with van der Waals surface area (Å²) in [5.41, 5.74) is 3.28. The van der Waals surface area contributed by atoms with Crippen LogP contribution in [0.1, 0.15) is 25.5 Å². The highest BCUT2D eigenvalue weighted by atomic mass is 35.5. The van der Waals surface area contributed by atoms with Crippen molar-refractivity contribution in [2.75, 3.05) is 24.4 Å². The maximum atomic E-state index is 13.7. The fraction of sp³-hybridized carbons (Fsp3) is 0.179. The number of hydrogen-bond donors (Lipinski definition) is 2. The van der Waals surface area contributed by atoms with Crippen LogP contribution in [0.4, 0.5) is 11.6 Å². The molecule has 3 aromatic carbocycles. The fourth-order valence-corrected chi connectivity index (χ4v) is 4.66. The molecule has 2 heterocycles. The highest BCUT2D eigenvalue weighted by Gasteiger charge is 2.35. The Morgan fingerprint density at radius 2 is 1.84 bits per heavy atom. The second-order valence-electron chi connectivity index (χ2n) is 8.56. The number of anilines is 2. The maximum Gasteiger partial charge on any atom is 0.255 e. The van der Waals surface area contributed by atoms with Crippen molar-refractivity contribution in [2.24, 2.45) is 0 Å². The van der Waals surface area contributed by atoms with Crippen molar-refractivity contribution in [3.63, 3.8) is 0 Å². The molecule has 0 saturated heterocycles. The Kier molecular flexibility index (Phi) is 7.26. The predicted molar refractivity (Wildman–Crippen MR) is 149 cm³/mol. The van der Waals surface area contributed by atoms with Gasteiger partial charge in [-0.3, -0.25) is 4.79 Å². The molecule has 10 heteroatoms. The number of rotatable bonds is 7. The molecule has 1 amide bonds. The number of para-hydroxylation sites is 1. The molecule has 0 saturated carbocycles. The van der Waals surface area contributed by atoms with Crippen LogP contribution < -0.4 is 20.1 Å². The van der Waals surface area contributed by atoms with Gasteiger partial charge in [-0.2, -0.15) is 4.98 Å². The molecule has 2 N–H and O–H groups in total. The molecule has 8 nitrogen and oxygen atoms in total. The average molecular weight is 550 g/mol. The van der Waals surface area contributed by atoms with E-state index in [9.17, 15) is 4.79 Å². The van der Waals surface area contributed by atoms with Gasteiger partial charge < -0.3 is 20.1 Å². The number of halogens is 2. The van der Waals surface area contributed by atoms with E-state index in [0.29, 0.717) is 62.4 Å². The summed E-state index contributed by atoms with van der Waals surface area (Å²) in [6, 6.07) is 19.5. The van der Waals surface area contributed by atoms with Crippen LogP contribution >= 0.6 is 23.2 Å². The summed E-state index contributed by atoms with van der Waals surface area (Å²) in [5.74, 6) is 1.81. The molecule has 1 aliphatic rings. The first kappa shape index (κ1) is 25.6. The van der Waals surface area contributed by atoms with Crippen LogP contribution in [-0.4, -0.2) is 34.4 Å². The second-order valence-corrected chi connectivity index (χ2v) is 9.38. The van der Waals surface area contributed by atoms with Gasteiger partial charge in [0, 0.05) is 16.9 Å². The number of benzene rings is 3. The Morgan fingerprint density at radius 1 is 1.05 bits per heavy atom. The summed E-state index contributed by atoms with van der Waals surface area (Å²) in [5, 5.41) is 11.9. The lowest BCUT2D eigenvalue weighted by Gasteiger charge is -2.29. The normalized spacial score (nSPS) is 14.5. The topological polar surface area (TPSA) is 90.3 Å². The Hall–Kier alpha value is -4.01. The number of methoxy groups -OCH3 is 1. The molecule has 1 atom stereocenters. The first-order chi connectivity index (χ1) is 18.4. The van der Waals surface area contributed by atoms with E-state index in [1.165, 1.54) is 0 Å². The third-order valence-corrected chi connectivity index (χ3v) is 6.85. The summed E-state index contributed by atoms with van der Waals surface area (Å²) < 4.78 is 13.0. The molecule has 0 spiro atoms. The minimum absolute atomic E-state index is 0.267. The van der Waals surface area contributed by atoms with Crippen LogP contribution in [-0.2, 0) is 4.79 Å². The van der Waals surface area contributed by atoms with Gasteiger partial charge in [-0.15, -0.1) is 5.10 Å². The zero-order valence-electron chi connectivity index (χ0n) is 21.0. The molecule has 4 aromatic rings. The van der Waals surface area contributed by atoms with E-state index < -0.39 is 6.04 Å². The summed E-state index contributed by atoms with van der Waals surface area (Å²) in [7, 11) is 1.58. The van der Waals surface area contributed by atoms with E-state index in [-0.39, 0.29) is 5.91 Å². The van der Waals surface area contributed by atoms with E-state index in [2.05, 4.69) is 10.6 Å². The van der Waals surface area contributed by atoms with Crippen molar-refractivity contribution in [2.45, 2.75) is 19.9 Å². The standard InChI is InChI=1S/C28H25Cl2N5O3/c1-4-38-22-13-11-17(15-23(22)37-3)25-24(27(36)32-19-8-6-5-7-9-19)16(2)31-28-33-26(34-35(25)28)18-10-12-20(29)21(30)14-18/h5-15,25H,4H2,1-3H3,(H,32,36)(H,31,33,34). The first-order valence-corrected chi connectivity index (χ1v) is 12.7. The van der Waals surface area contributed by atoms with Gasteiger partial charge in [-0.25, -0.2) is 4.68 Å². The van der Waals surface area contributed by atoms with Crippen molar-refractivity contribution >= 4 is 40.7 Å². The summed E-state index contributed by atoms with van der Waals surface area (Å²) >= 11 is 12.4. The van der Waals surface area contributed by atoms with Crippen molar-refractivity contribution in [1.29, 1.82) is 0 Å². The fourth-order valence-electron chi connectivity index (χ4n) is 4.36. The Balaban J connectivity index is 1.63. The average Bonchev–Trinajstić information content (AvgIpc) is 3.34. The summed E-state index contributed by atoms with van der Waals surface area (Å²) in [6.07, 6.45) is 0. The number of carbonyl (C=O) groups is 1. The number of allylic oxidation sites excluding steroid dienone is 1. The first-order valence-electron chi connectivity index (χ1n) is 12.0. The number of nitrogens with zero attached hydrogens (tertiary/aromatic N) is 3. The van der Waals surface area contributed by atoms with E-state index in [0.717, 1.165) is 5.56 Å². The highest BCUT2D eigenvalue weighted by molar-refractivity contribution is 6.42. The quantitative estimate of drug-likeness (QED) is 0.270. The van der Waals surface area contributed by atoms with Crippen LogP contribution in [0.3, 0.4) is 0 Å².